The van der Waals surface area contributed by atoms with Gasteiger partial charge in [0.15, 0.2) is 0 Å². The van der Waals surface area contributed by atoms with Crippen LogP contribution in [0.1, 0.15) is 22.6 Å². The number of ether oxygens (including phenoxy) is 1. The number of aromatic nitrogens is 2. The molecule has 0 bridgehead atoms. The van der Waals surface area contributed by atoms with Gasteiger partial charge in [0, 0.05) is 23.6 Å². The number of nitrogens with one attached hydrogen (secondary N) is 2. The average molecular weight is 427 g/mol. The van der Waals surface area contributed by atoms with Crippen LogP contribution in [0.3, 0.4) is 0 Å². The molecule has 1 aromatic heterocycles. The van der Waals surface area contributed by atoms with Crippen molar-refractivity contribution < 1.29 is 22.8 Å². The number of non-ortho nitro benzene ring substituents is 1. The number of nitro benzene ring substituents is 1. The van der Waals surface area contributed by atoms with Gasteiger partial charge in [-0.2, -0.15) is 18.4 Å². The molecule has 2 aromatic carbocycles. The van der Waals surface area contributed by atoms with Crippen LogP contribution in [0.25, 0.3) is 11.3 Å². The highest BCUT2D eigenvalue weighted by Crippen LogP contribution is 2.48. The lowest BCUT2D eigenvalue weighted by Gasteiger charge is -2.29. The average Bonchev–Trinajstić information content (AvgIpc) is 3.15. The fourth-order valence-corrected chi connectivity index (χ4v) is 3.68. The van der Waals surface area contributed by atoms with E-state index in [0.717, 1.165) is 6.07 Å². The van der Waals surface area contributed by atoms with Gasteiger partial charge in [-0.1, -0.05) is 30.3 Å². The number of hydrogen-bond acceptors (Lipinski definition) is 6. The fourth-order valence-electron chi connectivity index (χ4n) is 3.68. The van der Waals surface area contributed by atoms with E-state index in [9.17, 15) is 28.5 Å². The Bertz CT molecular complexity index is 1250. The van der Waals surface area contributed by atoms with Gasteiger partial charge < -0.3 is 4.74 Å². The second-order valence-corrected chi connectivity index (χ2v) is 6.76. The first-order chi connectivity index (χ1) is 14.7. The predicted molar refractivity (Wildman–Crippen MR) is 101 cm³/mol. The monoisotopic (exact) mass is 427 g/mol. The SMILES string of the molecule is N#CC1C(=N)Oc2n[nH]c(-c3cccc([N+](=O)[O-])c3)c2C1c1ccccc1C(F)(F)F. The molecule has 0 amide bonds. The van der Waals surface area contributed by atoms with Crippen LogP contribution in [0.4, 0.5) is 18.9 Å². The van der Waals surface area contributed by atoms with E-state index in [1.54, 1.807) is 0 Å². The van der Waals surface area contributed by atoms with Crippen LogP contribution >= 0.6 is 0 Å². The summed E-state index contributed by atoms with van der Waals surface area (Å²) in [4.78, 5) is 10.5. The number of H-pyrrole nitrogens is 1. The third-order valence-electron chi connectivity index (χ3n) is 4.99. The Labute approximate surface area is 172 Å². The number of alkyl halides is 3. The zero-order chi connectivity index (χ0) is 22.3. The standard InChI is InChI=1S/C20H12F3N5O3/c21-20(22,23)14-7-2-1-6-12(14)15-13(9-24)18(25)31-19-16(15)17(26-27-19)10-4-3-5-11(8-10)28(29)30/h1-8,13,15,25H,(H,26,27). The Balaban J connectivity index is 1.99. The number of nitro groups is 1. The molecule has 1 aliphatic rings. The summed E-state index contributed by atoms with van der Waals surface area (Å²) in [7, 11) is 0. The summed E-state index contributed by atoms with van der Waals surface area (Å²) in [5.74, 6) is -3.27. The van der Waals surface area contributed by atoms with E-state index < -0.39 is 34.4 Å². The van der Waals surface area contributed by atoms with Crippen LogP contribution in [0.2, 0.25) is 0 Å². The van der Waals surface area contributed by atoms with E-state index in [1.807, 2.05) is 6.07 Å². The molecular weight excluding hydrogens is 415 g/mol. The van der Waals surface area contributed by atoms with Crippen LogP contribution < -0.4 is 4.74 Å². The van der Waals surface area contributed by atoms with Gasteiger partial charge in [-0.15, -0.1) is 5.10 Å². The number of hydrogen-bond donors (Lipinski definition) is 2. The smallest absolute Gasteiger partial charge is 0.416 e. The molecule has 0 saturated heterocycles. The number of halogens is 3. The van der Waals surface area contributed by atoms with E-state index >= 15 is 0 Å². The van der Waals surface area contributed by atoms with Crippen LogP contribution in [0.5, 0.6) is 5.88 Å². The van der Waals surface area contributed by atoms with Crippen molar-refractivity contribution >= 4 is 11.6 Å². The number of nitriles is 1. The molecule has 1 aliphatic heterocycles. The van der Waals surface area contributed by atoms with Gasteiger partial charge in [0.1, 0.15) is 5.92 Å². The minimum Gasteiger partial charge on any atom is -0.422 e. The van der Waals surface area contributed by atoms with Crippen LogP contribution in [0.15, 0.2) is 48.5 Å². The number of fused-ring (bicyclic) bond motifs is 1. The molecule has 156 valence electrons. The minimum absolute atomic E-state index is 0.125. The summed E-state index contributed by atoms with van der Waals surface area (Å²) in [6, 6.07) is 12.1. The van der Waals surface area contributed by atoms with Crippen molar-refractivity contribution in [3.63, 3.8) is 0 Å². The number of rotatable bonds is 3. The normalized spacial score (nSPS) is 18.1. The quantitative estimate of drug-likeness (QED) is 0.465. The maximum Gasteiger partial charge on any atom is 0.416 e. The third-order valence-corrected chi connectivity index (χ3v) is 4.99. The van der Waals surface area contributed by atoms with Crippen molar-refractivity contribution in [3.8, 4) is 23.2 Å². The topological polar surface area (TPSA) is 129 Å². The number of nitrogens with zero attached hydrogens (tertiary/aromatic N) is 3. The lowest BCUT2D eigenvalue weighted by molar-refractivity contribution is -0.384. The molecule has 8 nitrogen and oxygen atoms in total. The second-order valence-electron chi connectivity index (χ2n) is 6.76. The van der Waals surface area contributed by atoms with Crippen LogP contribution in [-0.4, -0.2) is 21.0 Å². The van der Waals surface area contributed by atoms with Gasteiger partial charge in [-0.25, -0.2) is 0 Å². The first kappa shape index (κ1) is 20.1. The molecular formula is C20H12F3N5O3. The van der Waals surface area contributed by atoms with Crippen molar-refractivity contribution in [1.29, 1.82) is 10.7 Å². The molecule has 0 fully saturated rings. The molecule has 2 unspecified atom stereocenters. The Morgan fingerprint density at radius 1 is 1.23 bits per heavy atom. The van der Waals surface area contributed by atoms with Crippen molar-refractivity contribution in [2.45, 2.75) is 12.1 Å². The van der Waals surface area contributed by atoms with E-state index in [0.29, 0.717) is 0 Å². The zero-order valence-corrected chi connectivity index (χ0v) is 15.5. The molecule has 0 saturated carbocycles. The van der Waals surface area contributed by atoms with Crippen molar-refractivity contribution in [3.05, 3.63) is 75.3 Å². The van der Waals surface area contributed by atoms with E-state index in [-0.39, 0.29) is 34.0 Å². The Morgan fingerprint density at radius 2 is 1.97 bits per heavy atom. The Hall–Kier alpha value is -4.20. The van der Waals surface area contributed by atoms with E-state index in [4.69, 9.17) is 10.1 Å². The zero-order valence-electron chi connectivity index (χ0n) is 15.5. The van der Waals surface area contributed by atoms with E-state index in [2.05, 4.69) is 10.2 Å². The Morgan fingerprint density at radius 3 is 2.65 bits per heavy atom. The second kappa shape index (κ2) is 7.24. The maximum absolute atomic E-state index is 13.7. The molecule has 11 heteroatoms. The van der Waals surface area contributed by atoms with Gasteiger partial charge in [-0.3, -0.25) is 20.6 Å². The molecule has 2 N–H and O–H groups in total. The summed E-state index contributed by atoms with van der Waals surface area (Å²) in [5, 5.41) is 35.4. The summed E-state index contributed by atoms with van der Waals surface area (Å²) in [5.41, 5.74) is -0.815. The van der Waals surface area contributed by atoms with Gasteiger partial charge in [0.05, 0.1) is 27.8 Å². The van der Waals surface area contributed by atoms with Crippen LogP contribution in [0, 0.1) is 32.8 Å². The molecule has 0 aliphatic carbocycles. The number of benzene rings is 2. The minimum atomic E-state index is -4.70. The maximum atomic E-state index is 13.7. The molecule has 31 heavy (non-hydrogen) atoms. The summed E-state index contributed by atoms with van der Waals surface area (Å²) in [6.45, 7) is 0. The summed E-state index contributed by atoms with van der Waals surface area (Å²) >= 11 is 0. The van der Waals surface area contributed by atoms with Crippen molar-refractivity contribution in [2.24, 2.45) is 5.92 Å². The summed E-state index contributed by atoms with van der Waals surface area (Å²) in [6.07, 6.45) is -4.70. The molecule has 4 rings (SSSR count). The molecule has 3 aromatic rings. The lowest BCUT2D eigenvalue weighted by Crippen LogP contribution is -2.32. The highest BCUT2D eigenvalue weighted by molar-refractivity contribution is 5.87. The first-order valence-electron chi connectivity index (χ1n) is 8.87. The fraction of sp³-hybridized carbons (Fsp3) is 0.150. The molecule has 0 spiro atoms. The molecule has 2 atom stereocenters. The van der Waals surface area contributed by atoms with Crippen LogP contribution in [-0.2, 0) is 6.18 Å². The lowest BCUT2D eigenvalue weighted by atomic mass is 9.77. The summed E-state index contributed by atoms with van der Waals surface area (Å²) < 4.78 is 46.5. The first-order valence-corrected chi connectivity index (χ1v) is 8.87. The van der Waals surface area contributed by atoms with Crippen molar-refractivity contribution in [2.75, 3.05) is 0 Å². The Kier molecular flexibility index (Phi) is 4.69. The molecule has 0 radical (unpaired) electrons. The highest BCUT2D eigenvalue weighted by atomic mass is 19.4. The highest BCUT2D eigenvalue weighted by Gasteiger charge is 2.45. The van der Waals surface area contributed by atoms with Crippen molar-refractivity contribution in [1.82, 2.24) is 10.2 Å². The largest absolute Gasteiger partial charge is 0.422 e. The van der Waals surface area contributed by atoms with Gasteiger partial charge in [0.2, 0.25) is 11.8 Å². The third kappa shape index (κ3) is 3.38. The van der Waals surface area contributed by atoms with Gasteiger partial charge in [-0.05, 0) is 11.6 Å². The predicted octanol–water partition coefficient (Wildman–Crippen LogP) is 4.65. The van der Waals surface area contributed by atoms with Gasteiger partial charge >= 0.3 is 6.18 Å². The number of aromatic amines is 1. The molecule has 2 heterocycles. The van der Waals surface area contributed by atoms with E-state index in [1.165, 1.54) is 42.5 Å². The van der Waals surface area contributed by atoms with Gasteiger partial charge in [0.25, 0.3) is 5.69 Å².